The van der Waals surface area contributed by atoms with Crippen molar-refractivity contribution in [2.24, 2.45) is 17.4 Å². The van der Waals surface area contributed by atoms with Crippen LogP contribution in [0, 0.1) is 23.1 Å². The lowest BCUT2D eigenvalue weighted by Gasteiger charge is -2.27. The smallest absolute Gasteiger partial charge is 0.248 e. The van der Waals surface area contributed by atoms with Gasteiger partial charge in [0.15, 0.2) is 0 Å². The Kier molecular flexibility index (Phi) is 11.6. The van der Waals surface area contributed by atoms with Crippen LogP contribution in [0.15, 0.2) is 67.0 Å². The maximum Gasteiger partial charge on any atom is 0.248 e. The van der Waals surface area contributed by atoms with Crippen molar-refractivity contribution in [1.82, 2.24) is 24.3 Å². The van der Waals surface area contributed by atoms with Crippen molar-refractivity contribution in [3.63, 3.8) is 0 Å². The number of ether oxygens (including phenoxy) is 3. The molecule has 1 unspecified atom stereocenters. The van der Waals surface area contributed by atoms with E-state index in [-0.39, 0.29) is 23.9 Å². The molecule has 0 radical (unpaired) electrons. The summed E-state index contributed by atoms with van der Waals surface area (Å²) in [7, 11) is 0. The van der Waals surface area contributed by atoms with E-state index in [9.17, 15) is 9.18 Å². The number of hydrogen-bond acceptors (Lipinski definition) is 9. The Labute approximate surface area is 290 Å². The number of primary amides is 1. The molecule has 0 spiro atoms. The van der Waals surface area contributed by atoms with Gasteiger partial charge in [0.1, 0.15) is 18.2 Å². The van der Waals surface area contributed by atoms with Crippen molar-refractivity contribution in [2.45, 2.75) is 65.5 Å². The van der Waals surface area contributed by atoms with Gasteiger partial charge in [0.25, 0.3) is 0 Å². The highest BCUT2D eigenvalue weighted by Gasteiger charge is 2.23. The Bertz CT molecular complexity index is 1980. The minimum Gasteiger partial charge on any atom is -0.473 e. The van der Waals surface area contributed by atoms with Gasteiger partial charge in [0, 0.05) is 48.7 Å². The number of rotatable bonds is 13. The van der Waals surface area contributed by atoms with Crippen LogP contribution < -0.4 is 16.2 Å². The van der Waals surface area contributed by atoms with Gasteiger partial charge in [0.2, 0.25) is 11.8 Å². The van der Waals surface area contributed by atoms with Crippen molar-refractivity contribution in [3.8, 4) is 23.2 Å². The fourth-order valence-corrected chi connectivity index (χ4v) is 5.00. The van der Waals surface area contributed by atoms with Crippen molar-refractivity contribution in [2.75, 3.05) is 19.8 Å². The molecule has 1 saturated heterocycles. The number of carbonyl (C=O) groups is 1. The van der Waals surface area contributed by atoms with Crippen LogP contribution in [0.2, 0.25) is 0 Å². The minimum atomic E-state index is -0.503. The Balaban J connectivity index is 0.000000425. The van der Waals surface area contributed by atoms with Crippen molar-refractivity contribution in [3.05, 3.63) is 95.3 Å². The van der Waals surface area contributed by atoms with Crippen LogP contribution in [-0.2, 0) is 29.2 Å². The topological polar surface area (TPSA) is 169 Å². The first-order valence-electron chi connectivity index (χ1n) is 16.5. The number of hydrogen-bond donors (Lipinski definition) is 2. The Hall–Kier alpha value is -5.16. The first kappa shape index (κ1) is 36.1. The molecular formula is C37H43FN8O4. The maximum absolute atomic E-state index is 14.2. The van der Waals surface area contributed by atoms with Gasteiger partial charge in [-0.2, -0.15) is 10.4 Å². The molecule has 1 fully saturated rings. The number of nitriles is 1. The van der Waals surface area contributed by atoms with E-state index in [4.69, 9.17) is 35.9 Å². The van der Waals surface area contributed by atoms with Crippen LogP contribution >= 0.6 is 0 Å². The molecule has 3 aromatic heterocycles. The molecule has 2 aromatic carbocycles. The molecule has 13 heteroatoms. The molecule has 1 amide bonds. The Morgan fingerprint density at radius 3 is 2.64 bits per heavy atom. The third kappa shape index (κ3) is 9.29. The van der Waals surface area contributed by atoms with E-state index < -0.39 is 11.7 Å². The van der Waals surface area contributed by atoms with Gasteiger partial charge in [-0.25, -0.2) is 14.4 Å². The number of aromatic nitrogens is 5. The molecule has 1 aliphatic heterocycles. The molecule has 1 aliphatic rings. The average molecular weight is 683 g/mol. The Morgan fingerprint density at radius 1 is 1.18 bits per heavy atom. The van der Waals surface area contributed by atoms with Crippen LogP contribution in [0.3, 0.4) is 0 Å². The molecule has 0 aliphatic carbocycles. The van der Waals surface area contributed by atoms with Crippen molar-refractivity contribution in [1.29, 1.82) is 5.26 Å². The average Bonchev–Trinajstić information content (AvgIpc) is 3.69. The zero-order valence-electron chi connectivity index (χ0n) is 28.8. The molecule has 0 bridgehead atoms. The van der Waals surface area contributed by atoms with Crippen LogP contribution in [0.5, 0.6) is 5.88 Å². The van der Waals surface area contributed by atoms with Crippen LogP contribution in [0.25, 0.3) is 22.3 Å². The monoisotopic (exact) mass is 682 g/mol. The highest BCUT2D eigenvalue weighted by Crippen LogP contribution is 2.24. The number of nitrogens with two attached hydrogens (primary N) is 2. The molecule has 0 saturated carbocycles. The quantitative estimate of drug-likeness (QED) is 0.169. The summed E-state index contributed by atoms with van der Waals surface area (Å²) in [5.74, 6) is 0.703. The molecular weight excluding hydrogens is 639 g/mol. The molecule has 12 nitrogen and oxygen atoms in total. The summed E-state index contributed by atoms with van der Waals surface area (Å²) in [6, 6.07) is 16.7. The number of amides is 1. The lowest BCUT2D eigenvalue weighted by atomic mass is 10.1. The normalized spacial score (nSPS) is 14.2. The molecule has 50 heavy (non-hydrogen) atoms. The largest absolute Gasteiger partial charge is 0.473 e. The zero-order valence-corrected chi connectivity index (χ0v) is 28.8. The van der Waals surface area contributed by atoms with Gasteiger partial charge in [-0.3, -0.25) is 9.48 Å². The summed E-state index contributed by atoms with van der Waals surface area (Å²) in [4.78, 5) is 21.1. The van der Waals surface area contributed by atoms with E-state index >= 15 is 0 Å². The molecule has 262 valence electrons. The van der Waals surface area contributed by atoms with E-state index in [0.29, 0.717) is 48.3 Å². The van der Waals surface area contributed by atoms with Crippen LogP contribution in [-0.4, -0.2) is 61.7 Å². The van der Waals surface area contributed by atoms with Gasteiger partial charge < -0.3 is 30.2 Å². The maximum atomic E-state index is 14.2. The number of fused-ring (bicyclic) bond motifs is 1. The highest BCUT2D eigenvalue weighted by atomic mass is 19.1. The lowest BCUT2D eigenvalue weighted by molar-refractivity contribution is -0.0590. The van der Waals surface area contributed by atoms with Gasteiger partial charge in [0.05, 0.1) is 59.4 Å². The van der Waals surface area contributed by atoms with Gasteiger partial charge in [-0.05, 0) is 62.6 Å². The fourth-order valence-electron chi connectivity index (χ4n) is 5.00. The number of nitrogens with zero attached hydrogens (tertiary/aromatic N) is 6. The highest BCUT2D eigenvalue weighted by molar-refractivity contribution is 5.96. The third-order valence-electron chi connectivity index (χ3n) is 8.10. The van der Waals surface area contributed by atoms with Gasteiger partial charge in [-0.15, -0.1) is 0 Å². The first-order valence-corrected chi connectivity index (χ1v) is 16.5. The van der Waals surface area contributed by atoms with E-state index in [1.807, 2.05) is 32.2 Å². The van der Waals surface area contributed by atoms with E-state index in [1.54, 1.807) is 47.3 Å². The van der Waals surface area contributed by atoms with Gasteiger partial charge >= 0.3 is 0 Å². The first-order chi connectivity index (χ1) is 23.9. The summed E-state index contributed by atoms with van der Waals surface area (Å²) in [5.41, 5.74) is 14.8. The number of imidazole rings is 1. The second-order valence-corrected chi connectivity index (χ2v) is 13.2. The molecule has 5 aromatic rings. The van der Waals surface area contributed by atoms with E-state index in [2.05, 4.69) is 28.5 Å². The fraction of sp³-hybridized carbons (Fsp3) is 0.378. The lowest BCUT2D eigenvalue weighted by Crippen LogP contribution is -2.35. The summed E-state index contributed by atoms with van der Waals surface area (Å²) in [5, 5.41) is 13.4. The molecule has 6 rings (SSSR count). The Morgan fingerprint density at radius 2 is 1.98 bits per heavy atom. The summed E-state index contributed by atoms with van der Waals surface area (Å²) in [6.07, 6.45) is 4.62. The minimum absolute atomic E-state index is 0.0222. The predicted octanol–water partition coefficient (Wildman–Crippen LogP) is 5.22. The summed E-state index contributed by atoms with van der Waals surface area (Å²) >= 11 is 0. The van der Waals surface area contributed by atoms with Crippen LogP contribution in [0.4, 0.5) is 4.39 Å². The molecule has 4 heterocycles. The number of carbonyl (C=O) groups excluding carboxylic acids is 1. The molecule has 4 N–H and O–H groups in total. The predicted molar refractivity (Wildman–Crippen MR) is 187 cm³/mol. The number of benzene rings is 2. The second-order valence-electron chi connectivity index (χ2n) is 13.2. The van der Waals surface area contributed by atoms with E-state index in [1.165, 1.54) is 12.1 Å². The zero-order chi connectivity index (χ0) is 35.8. The third-order valence-corrected chi connectivity index (χ3v) is 8.10. The number of halogens is 1. The van der Waals surface area contributed by atoms with Crippen LogP contribution in [0.1, 0.15) is 61.4 Å². The summed E-state index contributed by atoms with van der Waals surface area (Å²) < 4.78 is 34.9. The number of pyridine rings is 1. The summed E-state index contributed by atoms with van der Waals surface area (Å²) in [6.45, 7) is 11.4. The van der Waals surface area contributed by atoms with E-state index in [0.717, 1.165) is 42.1 Å². The second kappa shape index (κ2) is 16.0. The standard InChI is InChI=1S/C29H24FN7O3.C8H19NO/c30-23-10-18(12-31)4-5-20(23)17-40-28-3-1-2-24(35-28)21-13-33-36(14-21)16-27-34-25-7-6-19(29(32)38)11-26(25)37(27)15-22-8-9-39-22;1-7(2)5-10-8(3,4)6-9/h1-7,10-11,13-14,22H,8-9,15-17H2,(H2,32,38);7H,5-6,9H2,1-4H3. The van der Waals surface area contributed by atoms with Crippen molar-refractivity contribution < 1.29 is 23.4 Å². The van der Waals surface area contributed by atoms with Crippen molar-refractivity contribution >= 4 is 16.9 Å². The van der Waals surface area contributed by atoms with Gasteiger partial charge in [-0.1, -0.05) is 26.0 Å². The SMILES string of the molecule is CC(C)COC(C)(C)CN.N#Cc1ccc(COc2cccc(-c3cnn(Cc4nc5ccc(C(N)=O)cc5n4CC4CCO4)c3)n2)c(F)c1. The molecule has 1 atom stereocenters.